The molecule has 0 saturated carbocycles. The van der Waals surface area contributed by atoms with E-state index in [1.165, 1.54) is 4.52 Å². The summed E-state index contributed by atoms with van der Waals surface area (Å²) in [6.45, 7) is 5.75. The molecule has 22 heavy (non-hydrogen) atoms. The Kier molecular flexibility index (Phi) is 3.62. The van der Waals surface area contributed by atoms with Crippen LogP contribution < -0.4 is 5.32 Å². The van der Waals surface area contributed by atoms with Gasteiger partial charge in [-0.1, -0.05) is 37.6 Å². The Morgan fingerprint density at radius 3 is 2.73 bits per heavy atom. The second-order valence-corrected chi connectivity index (χ2v) is 5.68. The van der Waals surface area contributed by atoms with Gasteiger partial charge in [0.05, 0.1) is 16.4 Å². The van der Waals surface area contributed by atoms with Crippen molar-refractivity contribution in [3.63, 3.8) is 0 Å². The Hall–Kier alpha value is -2.34. The van der Waals surface area contributed by atoms with Gasteiger partial charge in [0.1, 0.15) is 0 Å². The van der Waals surface area contributed by atoms with Gasteiger partial charge >= 0.3 is 5.84 Å². The molecular formula is C15H15ClN4O2. The van der Waals surface area contributed by atoms with E-state index in [-0.39, 0.29) is 17.6 Å². The van der Waals surface area contributed by atoms with Gasteiger partial charge < -0.3 is 9.73 Å². The Morgan fingerprint density at radius 1 is 1.36 bits per heavy atom. The van der Waals surface area contributed by atoms with E-state index in [0.717, 1.165) is 0 Å². The van der Waals surface area contributed by atoms with Gasteiger partial charge in [0.25, 0.3) is 5.91 Å². The average molecular weight is 319 g/mol. The summed E-state index contributed by atoms with van der Waals surface area (Å²) in [4.78, 5) is 16.6. The van der Waals surface area contributed by atoms with E-state index in [4.69, 9.17) is 16.0 Å². The van der Waals surface area contributed by atoms with Gasteiger partial charge in [-0.25, -0.2) is 0 Å². The molecule has 2 aromatic heterocycles. The molecule has 0 aliphatic heterocycles. The molecular weight excluding hydrogens is 304 g/mol. The summed E-state index contributed by atoms with van der Waals surface area (Å²) in [6.07, 6.45) is 0. The molecule has 1 N–H and O–H groups in total. The first-order valence-corrected chi connectivity index (χ1v) is 7.27. The van der Waals surface area contributed by atoms with Crippen molar-refractivity contribution in [2.75, 3.05) is 5.32 Å². The van der Waals surface area contributed by atoms with Gasteiger partial charge in [0.15, 0.2) is 5.82 Å². The Bertz CT molecular complexity index is 850. The summed E-state index contributed by atoms with van der Waals surface area (Å²) in [5, 5.41) is 7.53. The summed E-state index contributed by atoms with van der Waals surface area (Å²) in [5.41, 5.74) is 1.12. The molecule has 114 valence electrons. The van der Waals surface area contributed by atoms with Gasteiger partial charge in [-0.15, -0.1) is 5.10 Å². The van der Waals surface area contributed by atoms with Crippen molar-refractivity contribution in [2.45, 2.75) is 26.7 Å². The Labute approximate surface area is 132 Å². The van der Waals surface area contributed by atoms with E-state index in [9.17, 15) is 4.79 Å². The molecule has 0 aliphatic rings. The first-order chi connectivity index (χ1) is 10.5. The molecule has 3 rings (SSSR count). The second-order valence-electron chi connectivity index (χ2n) is 5.27. The largest absolute Gasteiger partial charge is 0.416 e. The van der Waals surface area contributed by atoms with Gasteiger partial charge in [-0.3, -0.25) is 4.79 Å². The van der Waals surface area contributed by atoms with Gasteiger partial charge in [0, 0.05) is 5.92 Å². The molecule has 6 nitrogen and oxygen atoms in total. The number of benzene rings is 1. The van der Waals surface area contributed by atoms with Crippen LogP contribution in [-0.2, 0) is 0 Å². The van der Waals surface area contributed by atoms with Crippen molar-refractivity contribution >= 4 is 29.0 Å². The molecule has 2 heterocycles. The van der Waals surface area contributed by atoms with E-state index in [2.05, 4.69) is 15.4 Å². The first-order valence-electron chi connectivity index (χ1n) is 6.89. The molecule has 0 atom stereocenters. The lowest BCUT2D eigenvalue weighted by Crippen LogP contribution is -2.13. The van der Waals surface area contributed by atoms with Crippen LogP contribution in [-0.4, -0.2) is 20.5 Å². The maximum absolute atomic E-state index is 12.3. The molecule has 3 aromatic rings. The van der Waals surface area contributed by atoms with Crippen LogP contribution in [0.1, 0.15) is 41.8 Å². The number of fused-ring (bicyclic) bond motifs is 1. The monoisotopic (exact) mass is 318 g/mol. The number of rotatable bonds is 3. The lowest BCUT2D eigenvalue weighted by molar-refractivity contribution is 0.0997. The highest BCUT2D eigenvalue weighted by molar-refractivity contribution is 6.33. The van der Waals surface area contributed by atoms with Crippen molar-refractivity contribution < 1.29 is 9.21 Å². The highest BCUT2D eigenvalue weighted by atomic mass is 35.5. The van der Waals surface area contributed by atoms with Crippen molar-refractivity contribution in [2.24, 2.45) is 0 Å². The molecule has 0 spiro atoms. The maximum Gasteiger partial charge on any atom is 0.325 e. The third kappa shape index (κ3) is 2.46. The summed E-state index contributed by atoms with van der Waals surface area (Å²) >= 11 is 6.03. The number of nitrogens with zero attached hydrogens (tertiary/aromatic N) is 3. The van der Waals surface area contributed by atoms with E-state index >= 15 is 0 Å². The van der Waals surface area contributed by atoms with Crippen LogP contribution in [0.25, 0.3) is 5.84 Å². The molecule has 0 fully saturated rings. The number of aromatic nitrogens is 3. The van der Waals surface area contributed by atoms with Crippen LogP contribution in [0.15, 0.2) is 28.7 Å². The minimum atomic E-state index is -0.385. The van der Waals surface area contributed by atoms with Crippen LogP contribution in [0.5, 0.6) is 0 Å². The Balaban J connectivity index is 1.93. The normalized spacial score (nSPS) is 11.3. The number of halogens is 1. The summed E-state index contributed by atoms with van der Waals surface area (Å²) in [6, 6.07) is 7.01. The minimum Gasteiger partial charge on any atom is -0.416 e. The standard InChI is InChI=1S/C15H15ClN4O2/c1-8(2)13-18-15-20(19-13)9(3)12(22-15)14(21)17-11-7-5-4-6-10(11)16/h4-8H,1-3H3,(H,17,21). The average Bonchev–Trinajstić information content (AvgIpc) is 3.02. The molecule has 1 amide bonds. The summed E-state index contributed by atoms with van der Waals surface area (Å²) < 4.78 is 7.08. The third-order valence-electron chi connectivity index (χ3n) is 3.28. The lowest BCUT2D eigenvalue weighted by Gasteiger charge is -2.05. The van der Waals surface area contributed by atoms with Crippen molar-refractivity contribution in [3.05, 3.63) is 46.6 Å². The molecule has 0 unspecified atom stereocenters. The molecule has 0 bridgehead atoms. The van der Waals surface area contributed by atoms with Crippen LogP contribution >= 0.6 is 11.6 Å². The maximum atomic E-state index is 12.3. The van der Waals surface area contributed by atoms with Crippen molar-refractivity contribution in [1.82, 2.24) is 14.6 Å². The zero-order valence-electron chi connectivity index (χ0n) is 12.4. The van der Waals surface area contributed by atoms with Crippen molar-refractivity contribution in [1.29, 1.82) is 0 Å². The smallest absolute Gasteiger partial charge is 0.325 e. The zero-order valence-corrected chi connectivity index (χ0v) is 13.2. The van der Waals surface area contributed by atoms with Crippen LogP contribution in [0.2, 0.25) is 5.02 Å². The zero-order chi connectivity index (χ0) is 15.9. The number of hydrogen-bond donors (Lipinski definition) is 1. The number of anilines is 1. The highest BCUT2D eigenvalue weighted by Gasteiger charge is 2.22. The first kappa shape index (κ1) is 14.6. The number of aryl methyl sites for hydroxylation is 1. The molecule has 0 radical (unpaired) electrons. The number of hydrogen-bond acceptors (Lipinski definition) is 4. The van der Waals surface area contributed by atoms with Crippen LogP contribution in [0.4, 0.5) is 5.69 Å². The van der Waals surface area contributed by atoms with Gasteiger partial charge in [-0.05, 0) is 19.1 Å². The Morgan fingerprint density at radius 2 is 2.09 bits per heavy atom. The number of oxazole rings is 1. The quantitative estimate of drug-likeness (QED) is 0.800. The molecule has 1 aromatic carbocycles. The number of carbonyl (C=O) groups excluding carboxylic acids is 1. The van der Waals surface area contributed by atoms with E-state index in [0.29, 0.717) is 28.1 Å². The fraction of sp³-hybridized carbons (Fsp3) is 0.267. The fourth-order valence-corrected chi connectivity index (χ4v) is 2.24. The topological polar surface area (TPSA) is 72.4 Å². The fourth-order valence-electron chi connectivity index (χ4n) is 2.06. The number of amides is 1. The number of para-hydroxylation sites is 1. The second kappa shape index (κ2) is 5.46. The minimum absolute atomic E-state index is 0.172. The summed E-state index contributed by atoms with van der Waals surface area (Å²) in [7, 11) is 0. The van der Waals surface area contributed by atoms with Gasteiger partial charge in [0.2, 0.25) is 5.76 Å². The van der Waals surface area contributed by atoms with E-state index in [1.54, 1.807) is 31.2 Å². The van der Waals surface area contributed by atoms with Gasteiger partial charge in [-0.2, -0.15) is 9.50 Å². The van der Waals surface area contributed by atoms with Crippen LogP contribution in [0, 0.1) is 6.92 Å². The number of carbonyl (C=O) groups is 1. The SMILES string of the molecule is Cc1c(C(=O)Nc2ccccc2Cl)oc2nc(C(C)C)nn12. The van der Waals surface area contributed by atoms with Crippen LogP contribution in [0.3, 0.4) is 0 Å². The van der Waals surface area contributed by atoms with E-state index in [1.807, 2.05) is 13.8 Å². The van der Waals surface area contributed by atoms with Crippen molar-refractivity contribution in [3.8, 4) is 0 Å². The number of nitrogens with one attached hydrogen (secondary N) is 1. The predicted octanol–water partition coefficient (Wildman–Crippen LogP) is 3.66. The highest BCUT2D eigenvalue weighted by Crippen LogP contribution is 2.23. The molecule has 7 heteroatoms. The summed E-state index contributed by atoms with van der Waals surface area (Å²) in [5.74, 6) is 0.967. The van der Waals surface area contributed by atoms with E-state index < -0.39 is 0 Å². The predicted molar refractivity (Wildman–Crippen MR) is 83.5 cm³/mol. The molecule has 0 aliphatic carbocycles. The third-order valence-corrected chi connectivity index (χ3v) is 3.61. The molecule has 0 saturated heterocycles. The lowest BCUT2D eigenvalue weighted by atomic mass is 10.2.